The quantitative estimate of drug-likeness (QED) is 0.457. The molecule has 0 saturated carbocycles. The number of carbonyl (C=O) groups excluding carboxylic acids is 3. The monoisotopic (exact) mass is 470 g/mol. The smallest absolute Gasteiger partial charge is 0.255 e. The molecule has 180 valence electrons. The molecule has 0 bridgehead atoms. The second-order valence-corrected chi connectivity index (χ2v) is 8.74. The van der Waals surface area contributed by atoms with Gasteiger partial charge in [0, 0.05) is 41.3 Å². The van der Waals surface area contributed by atoms with Gasteiger partial charge in [-0.15, -0.1) is 0 Å². The lowest BCUT2D eigenvalue weighted by Gasteiger charge is -2.26. The summed E-state index contributed by atoms with van der Waals surface area (Å²) < 4.78 is 0. The summed E-state index contributed by atoms with van der Waals surface area (Å²) in [5.74, 6) is -0.382. The molecule has 3 aromatic rings. The van der Waals surface area contributed by atoms with Crippen molar-refractivity contribution in [2.45, 2.75) is 26.2 Å². The average molecular weight is 471 g/mol. The van der Waals surface area contributed by atoms with Gasteiger partial charge in [-0.25, -0.2) is 0 Å². The molecule has 1 aliphatic heterocycles. The summed E-state index contributed by atoms with van der Waals surface area (Å²) >= 11 is 0. The van der Waals surface area contributed by atoms with Crippen LogP contribution in [0, 0.1) is 6.92 Å². The van der Waals surface area contributed by atoms with Gasteiger partial charge in [0.25, 0.3) is 11.8 Å². The van der Waals surface area contributed by atoms with Crippen LogP contribution >= 0.6 is 0 Å². The number of benzene rings is 3. The van der Waals surface area contributed by atoms with Crippen molar-refractivity contribution in [1.29, 1.82) is 0 Å². The maximum Gasteiger partial charge on any atom is 0.255 e. The number of nitrogens with zero attached hydrogens (tertiary/aromatic N) is 1. The van der Waals surface area contributed by atoms with E-state index in [1.54, 1.807) is 54.6 Å². The van der Waals surface area contributed by atoms with Crippen molar-refractivity contribution in [3.05, 3.63) is 89.5 Å². The Bertz CT molecular complexity index is 1200. The van der Waals surface area contributed by atoms with Crippen LogP contribution in [0.3, 0.4) is 0 Å². The normalized spacial score (nSPS) is 13.1. The molecule has 3 amide bonds. The van der Waals surface area contributed by atoms with E-state index < -0.39 is 0 Å². The van der Waals surface area contributed by atoms with Crippen molar-refractivity contribution < 1.29 is 14.4 Å². The molecule has 7 nitrogen and oxygen atoms in total. The third-order valence-electron chi connectivity index (χ3n) is 5.91. The number of aryl methyl sites for hydroxylation is 1. The predicted molar refractivity (Wildman–Crippen MR) is 139 cm³/mol. The molecule has 7 heteroatoms. The Morgan fingerprint density at radius 3 is 2.17 bits per heavy atom. The lowest BCUT2D eigenvalue weighted by Crippen LogP contribution is -2.35. The van der Waals surface area contributed by atoms with Crippen LogP contribution in [0.1, 0.15) is 45.5 Å². The summed E-state index contributed by atoms with van der Waals surface area (Å²) in [7, 11) is 0. The van der Waals surface area contributed by atoms with E-state index in [1.807, 2.05) is 30.0 Å². The van der Waals surface area contributed by atoms with E-state index in [0.717, 1.165) is 43.6 Å². The first-order chi connectivity index (χ1) is 17.0. The number of likely N-dealkylation sites (tertiary alicyclic amines) is 1. The fourth-order valence-corrected chi connectivity index (χ4v) is 4.06. The minimum Gasteiger partial charge on any atom is -0.376 e. The van der Waals surface area contributed by atoms with Crippen molar-refractivity contribution in [1.82, 2.24) is 4.90 Å². The molecule has 0 unspecified atom stereocenters. The van der Waals surface area contributed by atoms with Crippen LogP contribution in [0.2, 0.25) is 0 Å². The molecule has 3 aromatic carbocycles. The van der Waals surface area contributed by atoms with Crippen LogP contribution < -0.4 is 16.0 Å². The molecule has 35 heavy (non-hydrogen) atoms. The fraction of sp³-hybridized carbons (Fsp3) is 0.250. The third-order valence-corrected chi connectivity index (χ3v) is 5.91. The van der Waals surface area contributed by atoms with Crippen molar-refractivity contribution in [3.8, 4) is 0 Å². The average Bonchev–Trinajstić information content (AvgIpc) is 2.88. The van der Waals surface area contributed by atoms with Crippen LogP contribution in [0.5, 0.6) is 0 Å². The molecule has 0 radical (unpaired) electrons. The van der Waals surface area contributed by atoms with Crippen LogP contribution in [-0.4, -0.2) is 42.3 Å². The number of hydrogen-bond acceptors (Lipinski definition) is 4. The molecule has 1 heterocycles. The summed E-state index contributed by atoms with van der Waals surface area (Å²) in [6, 6.07) is 21.6. The topological polar surface area (TPSA) is 90.5 Å². The Balaban J connectivity index is 1.27. The molecule has 4 rings (SSSR count). The minimum atomic E-state index is -0.218. The van der Waals surface area contributed by atoms with Crippen LogP contribution in [0.15, 0.2) is 72.8 Å². The van der Waals surface area contributed by atoms with E-state index in [4.69, 9.17) is 0 Å². The van der Waals surface area contributed by atoms with Crippen LogP contribution in [0.25, 0.3) is 0 Å². The summed E-state index contributed by atoms with van der Waals surface area (Å²) in [6.07, 6.45) is 3.24. The Labute approximate surface area is 205 Å². The molecule has 0 spiro atoms. The number of hydrogen-bond donors (Lipinski definition) is 3. The van der Waals surface area contributed by atoms with E-state index in [-0.39, 0.29) is 24.3 Å². The zero-order valence-electron chi connectivity index (χ0n) is 19.8. The number of anilines is 3. The number of rotatable bonds is 7. The second-order valence-electron chi connectivity index (χ2n) is 8.74. The lowest BCUT2D eigenvalue weighted by molar-refractivity contribution is -0.114. The van der Waals surface area contributed by atoms with Crippen molar-refractivity contribution in [3.63, 3.8) is 0 Å². The van der Waals surface area contributed by atoms with Gasteiger partial charge in [0.05, 0.1) is 6.54 Å². The molecule has 3 N–H and O–H groups in total. The van der Waals surface area contributed by atoms with Gasteiger partial charge in [0.1, 0.15) is 0 Å². The zero-order valence-corrected chi connectivity index (χ0v) is 19.8. The van der Waals surface area contributed by atoms with Gasteiger partial charge in [0.2, 0.25) is 5.91 Å². The molecule has 0 aromatic heterocycles. The van der Waals surface area contributed by atoms with Gasteiger partial charge < -0.3 is 20.9 Å². The van der Waals surface area contributed by atoms with Crippen LogP contribution in [0.4, 0.5) is 17.1 Å². The number of amides is 3. The second kappa shape index (κ2) is 11.3. The highest BCUT2D eigenvalue weighted by Crippen LogP contribution is 2.17. The van der Waals surface area contributed by atoms with Crippen molar-refractivity contribution in [2.24, 2.45) is 0 Å². The van der Waals surface area contributed by atoms with Crippen molar-refractivity contribution >= 4 is 34.8 Å². The van der Waals surface area contributed by atoms with E-state index >= 15 is 0 Å². The van der Waals surface area contributed by atoms with Gasteiger partial charge in [0.15, 0.2) is 0 Å². The van der Waals surface area contributed by atoms with Crippen LogP contribution in [-0.2, 0) is 4.79 Å². The first-order valence-corrected chi connectivity index (χ1v) is 11.9. The predicted octanol–water partition coefficient (Wildman–Crippen LogP) is 4.92. The third kappa shape index (κ3) is 6.69. The van der Waals surface area contributed by atoms with E-state index in [0.29, 0.717) is 22.5 Å². The van der Waals surface area contributed by atoms with E-state index in [2.05, 4.69) is 16.0 Å². The van der Waals surface area contributed by atoms with Gasteiger partial charge in [-0.3, -0.25) is 14.4 Å². The number of nitrogens with one attached hydrogen (secondary N) is 3. The number of carbonyl (C=O) groups is 3. The highest BCUT2D eigenvalue weighted by atomic mass is 16.2. The highest BCUT2D eigenvalue weighted by molar-refractivity contribution is 6.04. The molecular formula is C28H30N4O3. The standard InChI is InChI=1S/C28H30N4O3/c1-20-7-5-8-21(17-20)27(34)31-24-13-11-23(12-14-24)29-19-26(33)30-25-10-6-9-22(18-25)28(35)32-15-3-2-4-16-32/h5-14,17-18,29H,2-4,15-16,19H2,1H3,(H,30,33)(H,31,34). The van der Waals surface area contributed by atoms with Gasteiger partial charge >= 0.3 is 0 Å². The molecule has 0 atom stereocenters. The Kier molecular flexibility index (Phi) is 7.77. The molecule has 1 aliphatic rings. The Morgan fingerprint density at radius 2 is 1.43 bits per heavy atom. The SMILES string of the molecule is Cc1cccc(C(=O)Nc2ccc(NCC(=O)Nc3cccc(C(=O)N4CCCCC4)c3)cc2)c1. The largest absolute Gasteiger partial charge is 0.376 e. The highest BCUT2D eigenvalue weighted by Gasteiger charge is 2.18. The summed E-state index contributed by atoms with van der Waals surface area (Å²) in [5, 5.41) is 8.79. The number of piperidine rings is 1. The van der Waals surface area contributed by atoms with Gasteiger partial charge in [-0.1, -0.05) is 23.8 Å². The molecular weight excluding hydrogens is 440 g/mol. The fourth-order valence-electron chi connectivity index (χ4n) is 4.06. The first kappa shape index (κ1) is 24.0. The Hall–Kier alpha value is -4.13. The summed E-state index contributed by atoms with van der Waals surface area (Å²) in [6.45, 7) is 3.58. The zero-order chi connectivity index (χ0) is 24.6. The van der Waals surface area contributed by atoms with Gasteiger partial charge in [-0.2, -0.15) is 0 Å². The maximum absolute atomic E-state index is 12.7. The molecule has 1 saturated heterocycles. The van der Waals surface area contributed by atoms with E-state index in [1.165, 1.54) is 0 Å². The first-order valence-electron chi connectivity index (χ1n) is 11.9. The summed E-state index contributed by atoms with van der Waals surface area (Å²) in [4.78, 5) is 39.4. The van der Waals surface area contributed by atoms with Gasteiger partial charge in [-0.05, 0) is 80.8 Å². The molecule has 1 fully saturated rings. The Morgan fingerprint density at radius 1 is 0.743 bits per heavy atom. The molecule has 0 aliphatic carbocycles. The minimum absolute atomic E-state index is 0.00787. The van der Waals surface area contributed by atoms with E-state index in [9.17, 15) is 14.4 Å². The lowest BCUT2D eigenvalue weighted by atomic mass is 10.1. The van der Waals surface area contributed by atoms with Crippen molar-refractivity contribution in [2.75, 3.05) is 35.6 Å². The summed E-state index contributed by atoms with van der Waals surface area (Å²) in [5.41, 5.74) is 4.22. The maximum atomic E-state index is 12.7.